The number of alkyl halides is 1. The van der Waals surface area contributed by atoms with Crippen molar-refractivity contribution in [1.82, 2.24) is 0 Å². The summed E-state index contributed by atoms with van der Waals surface area (Å²) in [6.07, 6.45) is 0.775. The van der Waals surface area contributed by atoms with Crippen LogP contribution in [0.4, 0.5) is 5.69 Å². The van der Waals surface area contributed by atoms with Crippen LogP contribution in [0.5, 0.6) is 0 Å². The molecule has 0 saturated heterocycles. The molecule has 1 aromatic heterocycles. The van der Waals surface area contributed by atoms with Gasteiger partial charge in [0.05, 0.1) is 0 Å². The summed E-state index contributed by atoms with van der Waals surface area (Å²) < 4.78 is 5.38. The molecule has 0 atom stereocenters. The number of hydrogen-bond acceptors (Lipinski definition) is 2. The summed E-state index contributed by atoms with van der Waals surface area (Å²) in [5.74, 6) is 1.35. The van der Waals surface area contributed by atoms with E-state index in [-0.39, 0.29) is 5.91 Å². The molecule has 2 rings (SSSR count). The number of nitrogens with one attached hydrogen (secondary N) is 1. The summed E-state index contributed by atoms with van der Waals surface area (Å²) in [5.41, 5.74) is 1.74. The van der Waals surface area contributed by atoms with E-state index in [9.17, 15) is 4.79 Å². The maximum Gasteiger partial charge on any atom is 0.291 e. The molecule has 0 aliphatic rings. The minimum absolute atomic E-state index is 0.242. The van der Waals surface area contributed by atoms with Gasteiger partial charge in [0, 0.05) is 18.0 Å². The zero-order valence-corrected chi connectivity index (χ0v) is 10.8. The lowest BCUT2D eigenvalue weighted by Crippen LogP contribution is -2.10. The Labute approximate surface area is 111 Å². The molecule has 1 amide bonds. The van der Waals surface area contributed by atoms with Gasteiger partial charge < -0.3 is 9.73 Å². The topological polar surface area (TPSA) is 42.2 Å². The largest absolute Gasteiger partial charge is 0.456 e. The van der Waals surface area contributed by atoms with Crippen molar-refractivity contribution >= 4 is 23.2 Å². The van der Waals surface area contributed by atoms with Gasteiger partial charge in [0.25, 0.3) is 5.91 Å². The number of benzene rings is 1. The predicted octanol–water partition coefficient (Wildman–Crippen LogP) is 3.83. The van der Waals surface area contributed by atoms with Crippen LogP contribution in [-0.2, 0) is 12.3 Å². The summed E-state index contributed by atoms with van der Waals surface area (Å²) in [4.78, 5) is 11.9. The second-order valence-corrected chi connectivity index (χ2v) is 4.17. The average molecular weight is 264 g/mol. The zero-order chi connectivity index (χ0) is 13.0. The highest BCUT2D eigenvalue weighted by Crippen LogP contribution is 2.14. The summed E-state index contributed by atoms with van der Waals surface area (Å²) in [5, 5.41) is 2.77. The Morgan fingerprint density at radius 1 is 1.22 bits per heavy atom. The Hall–Kier alpha value is -1.74. The highest BCUT2D eigenvalue weighted by atomic mass is 35.5. The van der Waals surface area contributed by atoms with Gasteiger partial charge in [-0.25, -0.2) is 0 Å². The van der Waals surface area contributed by atoms with Gasteiger partial charge in [-0.2, -0.15) is 0 Å². The van der Waals surface area contributed by atoms with E-state index in [0.717, 1.165) is 23.4 Å². The van der Waals surface area contributed by atoms with E-state index < -0.39 is 0 Å². The SMILES string of the molecule is CCc1ccc(C(=O)Nc2ccc(CCl)cc2)o1. The number of halogens is 1. The Bertz CT molecular complexity index is 531. The number of aryl methyl sites for hydroxylation is 1. The third-order valence-corrected chi connectivity index (χ3v) is 2.91. The maximum atomic E-state index is 11.9. The molecular formula is C14H14ClNO2. The molecule has 94 valence electrons. The first-order chi connectivity index (χ1) is 8.72. The van der Waals surface area contributed by atoms with Crippen molar-refractivity contribution in [2.45, 2.75) is 19.2 Å². The molecule has 1 N–H and O–H groups in total. The Morgan fingerprint density at radius 2 is 1.94 bits per heavy atom. The van der Waals surface area contributed by atoms with Crippen LogP contribution in [0.15, 0.2) is 40.8 Å². The Kier molecular flexibility index (Phi) is 4.05. The van der Waals surface area contributed by atoms with E-state index in [1.54, 1.807) is 6.07 Å². The first kappa shape index (κ1) is 12.7. The quantitative estimate of drug-likeness (QED) is 0.852. The number of hydrogen-bond donors (Lipinski definition) is 1. The van der Waals surface area contributed by atoms with Crippen LogP contribution < -0.4 is 5.32 Å². The molecule has 0 saturated carbocycles. The van der Waals surface area contributed by atoms with Gasteiger partial charge >= 0.3 is 0 Å². The minimum Gasteiger partial charge on any atom is -0.456 e. The smallest absolute Gasteiger partial charge is 0.291 e. The second kappa shape index (κ2) is 5.74. The third-order valence-electron chi connectivity index (χ3n) is 2.60. The van der Waals surface area contributed by atoms with Crippen LogP contribution in [0.1, 0.15) is 28.8 Å². The minimum atomic E-state index is -0.242. The molecule has 0 aliphatic heterocycles. The average Bonchev–Trinajstić information content (AvgIpc) is 2.88. The molecule has 0 aliphatic carbocycles. The van der Waals surface area contributed by atoms with Gasteiger partial charge in [0.1, 0.15) is 5.76 Å². The number of carbonyl (C=O) groups excluding carboxylic acids is 1. The lowest BCUT2D eigenvalue weighted by molar-refractivity contribution is 0.0995. The Morgan fingerprint density at radius 3 is 2.50 bits per heavy atom. The van der Waals surface area contributed by atoms with Gasteiger partial charge in [-0.1, -0.05) is 19.1 Å². The highest BCUT2D eigenvalue weighted by molar-refractivity contribution is 6.17. The number of amides is 1. The van der Waals surface area contributed by atoms with Gasteiger partial charge in [-0.05, 0) is 29.8 Å². The summed E-state index contributed by atoms with van der Waals surface area (Å²) in [6.45, 7) is 1.98. The molecule has 3 nitrogen and oxygen atoms in total. The molecule has 4 heteroatoms. The van der Waals surface area contributed by atoms with E-state index in [1.807, 2.05) is 37.3 Å². The van der Waals surface area contributed by atoms with Crippen molar-refractivity contribution in [3.05, 3.63) is 53.5 Å². The fraction of sp³-hybridized carbons (Fsp3) is 0.214. The van der Waals surface area contributed by atoms with Gasteiger partial charge in [0.15, 0.2) is 5.76 Å². The maximum absolute atomic E-state index is 11.9. The predicted molar refractivity (Wildman–Crippen MR) is 72.0 cm³/mol. The van der Waals surface area contributed by atoms with Crippen molar-refractivity contribution in [2.24, 2.45) is 0 Å². The second-order valence-electron chi connectivity index (χ2n) is 3.90. The lowest BCUT2D eigenvalue weighted by Gasteiger charge is -2.03. The van der Waals surface area contributed by atoms with Crippen LogP contribution in [0.2, 0.25) is 0 Å². The third kappa shape index (κ3) is 2.93. The summed E-state index contributed by atoms with van der Waals surface area (Å²) in [6, 6.07) is 10.9. The first-order valence-corrected chi connectivity index (χ1v) is 6.31. The normalized spacial score (nSPS) is 10.3. The number of rotatable bonds is 4. The van der Waals surface area contributed by atoms with Crippen molar-refractivity contribution in [1.29, 1.82) is 0 Å². The standard InChI is InChI=1S/C14H14ClNO2/c1-2-12-7-8-13(18-12)14(17)16-11-5-3-10(9-15)4-6-11/h3-8H,2,9H2,1H3,(H,16,17). The monoisotopic (exact) mass is 263 g/mol. The molecule has 1 aromatic carbocycles. The highest BCUT2D eigenvalue weighted by Gasteiger charge is 2.10. The van der Waals surface area contributed by atoms with Crippen LogP contribution in [0.3, 0.4) is 0 Å². The molecule has 0 unspecified atom stereocenters. The van der Waals surface area contributed by atoms with Crippen LogP contribution in [0, 0.1) is 0 Å². The number of anilines is 1. The van der Waals surface area contributed by atoms with Crippen LogP contribution in [0.25, 0.3) is 0 Å². The van der Waals surface area contributed by atoms with Crippen molar-refractivity contribution in [3.63, 3.8) is 0 Å². The van der Waals surface area contributed by atoms with Crippen LogP contribution >= 0.6 is 11.6 Å². The molecule has 2 aromatic rings. The van der Waals surface area contributed by atoms with Crippen molar-refractivity contribution in [3.8, 4) is 0 Å². The van der Waals surface area contributed by atoms with E-state index >= 15 is 0 Å². The molecule has 0 bridgehead atoms. The van der Waals surface area contributed by atoms with Gasteiger partial charge in [-0.15, -0.1) is 11.6 Å². The van der Waals surface area contributed by atoms with Gasteiger partial charge in [-0.3, -0.25) is 4.79 Å². The zero-order valence-electron chi connectivity index (χ0n) is 10.1. The molecule has 0 radical (unpaired) electrons. The number of carbonyl (C=O) groups is 1. The van der Waals surface area contributed by atoms with Gasteiger partial charge in [0.2, 0.25) is 0 Å². The molecular weight excluding hydrogens is 250 g/mol. The molecule has 1 heterocycles. The van der Waals surface area contributed by atoms with E-state index in [0.29, 0.717) is 11.6 Å². The van der Waals surface area contributed by atoms with E-state index in [4.69, 9.17) is 16.0 Å². The number of furan rings is 1. The summed E-state index contributed by atoms with van der Waals surface area (Å²) >= 11 is 5.70. The fourth-order valence-corrected chi connectivity index (χ4v) is 1.74. The molecule has 18 heavy (non-hydrogen) atoms. The van der Waals surface area contributed by atoms with Crippen molar-refractivity contribution in [2.75, 3.05) is 5.32 Å². The molecule has 0 spiro atoms. The lowest BCUT2D eigenvalue weighted by atomic mass is 10.2. The Balaban J connectivity index is 2.06. The molecule has 0 fully saturated rings. The first-order valence-electron chi connectivity index (χ1n) is 5.78. The van der Waals surface area contributed by atoms with E-state index in [1.165, 1.54) is 0 Å². The van der Waals surface area contributed by atoms with E-state index in [2.05, 4.69) is 5.32 Å². The van der Waals surface area contributed by atoms with Crippen molar-refractivity contribution < 1.29 is 9.21 Å². The van der Waals surface area contributed by atoms with Crippen LogP contribution in [-0.4, -0.2) is 5.91 Å². The fourth-order valence-electron chi connectivity index (χ4n) is 1.56. The summed E-state index contributed by atoms with van der Waals surface area (Å²) in [7, 11) is 0.